The van der Waals surface area contributed by atoms with Gasteiger partial charge in [0.2, 0.25) is 5.91 Å². The molecule has 1 atom stereocenters. The molecule has 0 spiro atoms. The van der Waals surface area contributed by atoms with E-state index >= 15 is 0 Å². The first-order valence-electron chi connectivity index (χ1n) is 9.46. The molecule has 1 aliphatic heterocycles. The third kappa shape index (κ3) is 4.13. The molecule has 1 aliphatic carbocycles. The lowest BCUT2D eigenvalue weighted by Crippen LogP contribution is -2.31. The van der Waals surface area contributed by atoms with E-state index < -0.39 is 17.6 Å². The summed E-state index contributed by atoms with van der Waals surface area (Å²) in [5.41, 5.74) is 0.845. The van der Waals surface area contributed by atoms with E-state index in [1.165, 1.54) is 19.1 Å². The van der Waals surface area contributed by atoms with E-state index in [4.69, 9.17) is 4.74 Å². The van der Waals surface area contributed by atoms with E-state index in [2.05, 4.69) is 0 Å². The molecule has 6 nitrogen and oxygen atoms in total. The summed E-state index contributed by atoms with van der Waals surface area (Å²) < 4.78 is 18.6. The molecule has 1 heterocycles. The zero-order valence-corrected chi connectivity index (χ0v) is 16.3. The summed E-state index contributed by atoms with van der Waals surface area (Å²) in [6.45, 7) is 3.32. The molecular formula is C22H22FNO5. The number of benzene rings is 1. The van der Waals surface area contributed by atoms with Crippen LogP contribution in [0.3, 0.4) is 0 Å². The van der Waals surface area contributed by atoms with Crippen molar-refractivity contribution in [2.45, 2.75) is 33.1 Å². The molecule has 7 heteroatoms. The van der Waals surface area contributed by atoms with Crippen LogP contribution in [0.15, 0.2) is 47.8 Å². The molecule has 0 aromatic heterocycles. The second kappa shape index (κ2) is 8.43. The normalized spacial score (nSPS) is 19.7. The predicted octanol–water partition coefficient (Wildman–Crippen LogP) is 3.83. The number of imide groups is 1. The Morgan fingerprint density at radius 2 is 2.10 bits per heavy atom. The highest BCUT2D eigenvalue weighted by atomic mass is 19.1. The van der Waals surface area contributed by atoms with Gasteiger partial charge >= 0.3 is 5.97 Å². The summed E-state index contributed by atoms with van der Waals surface area (Å²) in [4.78, 5) is 37.0. The Morgan fingerprint density at radius 1 is 1.34 bits per heavy atom. The van der Waals surface area contributed by atoms with Gasteiger partial charge in [0.05, 0.1) is 17.9 Å². The van der Waals surface area contributed by atoms with Gasteiger partial charge in [-0.05, 0) is 43.9 Å². The highest BCUT2D eigenvalue weighted by Gasteiger charge is 2.38. The SMILES string of the molecule is CCOC(=O)CCC1C=CC(/C(O)=C2\C(=O)N(C(C)=O)c3cc(F)ccc32)=CC1. The van der Waals surface area contributed by atoms with E-state index in [0.29, 0.717) is 37.0 Å². The average molecular weight is 399 g/mol. The van der Waals surface area contributed by atoms with Crippen molar-refractivity contribution in [2.75, 3.05) is 11.5 Å². The minimum atomic E-state index is -0.686. The van der Waals surface area contributed by atoms with Crippen LogP contribution in [0.1, 0.15) is 38.7 Å². The van der Waals surface area contributed by atoms with Gasteiger partial charge in [0.25, 0.3) is 5.91 Å². The first-order chi connectivity index (χ1) is 13.8. The van der Waals surface area contributed by atoms with Crippen LogP contribution in [-0.4, -0.2) is 29.5 Å². The molecule has 3 rings (SSSR count). The molecule has 152 valence electrons. The minimum Gasteiger partial charge on any atom is -0.506 e. The van der Waals surface area contributed by atoms with Gasteiger partial charge in [-0.2, -0.15) is 0 Å². The second-order valence-corrected chi connectivity index (χ2v) is 6.90. The maximum atomic E-state index is 13.6. The topological polar surface area (TPSA) is 83.9 Å². The first-order valence-corrected chi connectivity index (χ1v) is 9.46. The third-order valence-corrected chi connectivity index (χ3v) is 4.93. The smallest absolute Gasteiger partial charge is 0.305 e. The second-order valence-electron chi connectivity index (χ2n) is 6.90. The number of fused-ring (bicyclic) bond motifs is 1. The van der Waals surface area contributed by atoms with Crippen molar-refractivity contribution in [1.82, 2.24) is 0 Å². The summed E-state index contributed by atoms with van der Waals surface area (Å²) in [5.74, 6) is -2.21. The maximum absolute atomic E-state index is 13.6. The third-order valence-electron chi connectivity index (χ3n) is 4.93. The largest absolute Gasteiger partial charge is 0.506 e. The van der Waals surface area contributed by atoms with Gasteiger partial charge in [-0.1, -0.05) is 18.2 Å². The van der Waals surface area contributed by atoms with Gasteiger partial charge in [-0.25, -0.2) is 9.29 Å². The van der Waals surface area contributed by atoms with Crippen LogP contribution in [0.5, 0.6) is 0 Å². The van der Waals surface area contributed by atoms with E-state index in [1.807, 2.05) is 6.08 Å². The monoisotopic (exact) mass is 399 g/mol. The lowest BCUT2D eigenvalue weighted by Gasteiger charge is -2.16. The molecule has 0 radical (unpaired) electrons. The summed E-state index contributed by atoms with van der Waals surface area (Å²) >= 11 is 0. The van der Waals surface area contributed by atoms with Crippen molar-refractivity contribution >= 4 is 29.0 Å². The van der Waals surface area contributed by atoms with Gasteiger partial charge in [0, 0.05) is 24.5 Å². The average Bonchev–Trinajstić information content (AvgIpc) is 2.97. The number of hydrogen-bond donors (Lipinski definition) is 1. The van der Waals surface area contributed by atoms with Crippen molar-refractivity contribution in [1.29, 1.82) is 0 Å². The fourth-order valence-corrected chi connectivity index (χ4v) is 3.51. The number of amides is 2. The molecular weight excluding hydrogens is 377 g/mol. The minimum absolute atomic E-state index is 0.0314. The molecule has 1 aromatic carbocycles. The van der Waals surface area contributed by atoms with Crippen molar-refractivity contribution in [3.05, 3.63) is 59.1 Å². The molecule has 2 aliphatic rings. The first kappa shape index (κ1) is 20.5. The van der Waals surface area contributed by atoms with Gasteiger partial charge in [-0.15, -0.1) is 0 Å². The van der Waals surface area contributed by atoms with Crippen LogP contribution in [0.2, 0.25) is 0 Å². The number of halogens is 1. The number of nitrogens with zero attached hydrogens (tertiary/aromatic N) is 1. The van der Waals surface area contributed by atoms with Crippen LogP contribution in [-0.2, 0) is 19.1 Å². The Hall–Kier alpha value is -3.22. The van der Waals surface area contributed by atoms with Crippen molar-refractivity contribution in [2.24, 2.45) is 5.92 Å². The van der Waals surface area contributed by atoms with E-state index in [9.17, 15) is 23.9 Å². The molecule has 0 saturated carbocycles. The number of carbonyl (C=O) groups excluding carboxylic acids is 3. The van der Waals surface area contributed by atoms with Crippen molar-refractivity contribution in [3.63, 3.8) is 0 Å². The molecule has 2 amide bonds. The number of aliphatic hydroxyl groups is 1. The zero-order valence-electron chi connectivity index (χ0n) is 16.3. The fourth-order valence-electron chi connectivity index (χ4n) is 3.51. The van der Waals surface area contributed by atoms with Crippen molar-refractivity contribution in [3.8, 4) is 0 Å². The lowest BCUT2D eigenvalue weighted by molar-refractivity contribution is -0.143. The Bertz CT molecular complexity index is 960. The number of esters is 1. The van der Waals surface area contributed by atoms with E-state index in [1.54, 1.807) is 19.1 Å². The van der Waals surface area contributed by atoms with Crippen LogP contribution in [0.25, 0.3) is 5.57 Å². The number of carbonyl (C=O) groups is 3. The summed E-state index contributed by atoms with van der Waals surface area (Å²) in [6.07, 6.45) is 6.86. The Labute approximate surface area is 168 Å². The van der Waals surface area contributed by atoms with Gasteiger partial charge in [0.15, 0.2) is 0 Å². The van der Waals surface area contributed by atoms with Gasteiger partial charge < -0.3 is 9.84 Å². The summed E-state index contributed by atoms with van der Waals surface area (Å²) in [5, 5.41) is 10.8. The van der Waals surface area contributed by atoms with Crippen LogP contribution in [0.4, 0.5) is 10.1 Å². The van der Waals surface area contributed by atoms with Gasteiger partial charge in [-0.3, -0.25) is 14.4 Å². The number of rotatable bonds is 5. The molecule has 29 heavy (non-hydrogen) atoms. The number of hydrogen-bond acceptors (Lipinski definition) is 5. The quantitative estimate of drug-likeness (QED) is 0.462. The predicted molar refractivity (Wildman–Crippen MR) is 105 cm³/mol. The molecule has 1 unspecified atom stereocenters. The molecule has 1 aromatic rings. The van der Waals surface area contributed by atoms with Crippen LogP contribution >= 0.6 is 0 Å². The van der Waals surface area contributed by atoms with E-state index in [0.717, 1.165) is 11.0 Å². The lowest BCUT2D eigenvalue weighted by atomic mass is 9.90. The van der Waals surface area contributed by atoms with Crippen molar-refractivity contribution < 1.29 is 28.6 Å². The number of anilines is 1. The van der Waals surface area contributed by atoms with E-state index in [-0.39, 0.29) is 28.9 Å². The van der Waals surface area contributed by atoms with Gasteiger partial charge in [0.1, 0.15) is 11.6 Å². The Balaban J connectivity index is 1.84. The maximum Gasteiger partial charge on any atom is 0.305 e. The zero-order chi connectivity index (χ0) is 21.1. The fraction of sp³-hybridized carbons (Fsp3) is 0.318. The highest BCUT2D eigenvalue weighted by Crippen LogP contribution is 2.40. The molecule has 0 saturated heterocycles. The number of aliphatic hydroxyl groups excluding tert-OH is 1. The highest BCUT2D eigenvalue weighted by molar-refractivity contribution is 6.40. The molecule has 1 N–H and O–H groups in total. The summed E-state index contributed by atoms with van der Waals surface area (Å²) in [7, 11) is 0. The summed E-state index contributed by atoms with van der Waals surface area (Å²) in [6, 6.07) is 3.66. The number of allylic oxidation sites excluding steroid dienone is 3. The van der Waals surface area contributed by atoms with Crippen LogP contribution in [0, 0.1) is 11.7 Å². The Morgan fingerprint density at radius 3 is 2.72 bits per heavy atom. The molecule has 0 fully saturated rings. The standard InChI is InChI=1S/C22H22FNO5/c1-3-29-19(26)11-6-14-4-7-15(8-5-14)21(27)20-17-10-9-16(23)12-18(17)24(13(2)25)22(20)28/h4,7-10,12,14,27H,3,5-6,11H2,1-2H3/b21-20+. The Kier molecular flexibility index (Phi) is 5.96. The molecule has 0 bridgehead atoms. The van der Waals surface area contributed by atoms with Crippen LogP contribution < -0.4 is 4.90 Å². The number of ether oxygens (including phenoxy) is 1.